The number of carbonyl (C=O) groups is 1. The summed E-state index contributed by atoms with van der Waals surface area (Å²) < 4.78 is 0. The van der Waals surface area contributed by atoms with E-state index in [2.05, 4.69) is 26.3 Å². The van der Waals surface area contributed by atoms with Crippen LogP contribution in [0.25, 0.3) is 0 Å². The molecule has 0 atom stereocenters. The molecule has 0 aliphatic carbocycles. The summed E-state index contributed by atoms with van der Waals surface area (Å²) in [5.41, 5.74) is 1.21. The van der Waals surface area contributed by atoms with Crippen molar-refractivity contribution in [2.45, 2.75) is 19.3 Å². The van der Waals surface area contributed by atoms with Crippen LogP contribution in [-0.2, 0) is 0 Å². The number of nitrogens with zero attached hydrogens (tertiary/aromatic N) is 4. The van der Waals surface area contributed by atoms with Crippen LogP contribution in [0.3, 0.4) is 0 Å². The number of anilines is 2. The van der Waals surface area contributed by atoms with Crippen molar-refractivity contribution in [1.82, 2.24) is 9.97 Å². The van der Waals surface area contributed by atoms with E-state index in [1.807, 2.05) is 0 Å². The number of amides is 1. The van der Waals surface area contributed by atoms with Gasteiger partial charge < -0.3 is 10.2 Å². The lowest BCUT2D eigenvalue weighted by Crippen LogP contribution is -2.30. The predicted octanol–water partition coefficient (Wildman–Crippen LogP) is 2.59. The minimum Gasteiger partial charge on any atom is -0.357 e. The van der Waals surface area contributed by atoms with Crippen LogP contribution in [0.15, 0.2) is 36.7 Å². The topological polar surface area (TPSA) is 81.9 Å². The van der Waals surface area contributed by atoms with Crippen molar-refractivity contribution in [1.29, 1.82) is 5.26 Å². The normalized spacial score (nSPS) is 14.1. The number of carbonyl (C=O) groups excluding carboxylic acids is 1. The van der Waals surface area contributed by atoms with Crippen LogP contribution in [0.4, 0.5) is 11.5 Å². The lowest BCUT2D eigenvalue weighted by Gasteiger charge is -2.27. The average molecular weight is 307 g/mol. The Morgan fingerprint density at radius 1 is 1.17 bits per heavy atom. The number of nitriles is 1. The summed E-state index contributed by atoms with van der Waals surface area (Å²) in [5.74, 6) is 0.437. The fraction of sp³-hybridized carbons (Fsp3) is 0.294. The zero-order valence-corrected chi connectivity index (χ0v) is 12.7. The molecule has 3 rings (SSSR count). The molecule has 0 unspecified atom stereocenters. The molecule has 6 nitrogen and oxygen atoms in total. The summed E-state index contributed by atoms with van der Waals surface area (Å²) in [6.45, 7) is 1.91. The maximum Gasteiger partial charge on any atom is 0.274 e. The molecule has 1 aromatic carbocycles. The first-order chi connectivity index (χ1) is 11.3. The van der Waals surface area contributed by atoms with Gasteiger partial charge >= 0.3 is 0 Å². The fourth-order valence-corrected chi connectivity index (χ4v) is 2.64. The molecule has 116 valence electrons. The van der Waals surface area contributed by atoms with Gasteiger partial charge in [0.15, 0.2) is 0 Å². The molecule has 1 fully saturated rings. The second-order valence-corrected chi connectivity index (χ2v) is 5.42. The van der Waals surface area contributed by atoms with E-state index in [1.54, 1.807) is 30.3 Å². The zero-order valence-electron chi connectivity index (χ0n) is 12.7. The van der Waals surface area contributed by atoms with Gasteiger partial charge in [0.05, 0.1) is 11.3 Å². The number of nitrogens with one attached hydrogen (secondary N) is 1. The Morgan fingerprint density at radius 2 is 1.96 bits per heavy atom. The lowest BCUT2D eigenvalue weighted by molar-refractivity contribution is 0.102. The van der Waals surface area contributed by atoms with E-state index in [0.29, 0.717) is 16.9 Å². The predicted molar refractivity (Wildman–Crippen MR) is 87.2 cm³/mol. The molecule has 23 heavy (non-hydrogen) atoms. The number of hydrogen-bond acceptors (Lipinski definition) is 5. The van der Waals surface area contributed by atoms with E-state index in [4.69, 9.17) is 5.26 Å². The first-order valence-electron chi connectivity index (χ1n) is 7.65. The van der Waals surface area contributed by atoms with Crippen LogP contribution in [0.5, 0.6) is 0 Å². The summed E-state index contributed by atoms with van der Waals surface area (Å²) in [7, 11) is 0. The molecule has 1 amide bonds. The molecule has 6 heteroatoms. The fourth-order valence-electron chi connectivity index (χ4n) is 2.64. The quantitative estimate of drug-likeness (QED) is 0.942. The number of para-hydroxylation sites is 1. The molecule has 1 aromatic heterocycles. The molecule has 1 aliphatic heterocycles. The van der Waals surface area contributed by atoms with Crippen molar-refractivity contribution in [3.63, 3.8) is 0 Å². The van der Waals surface area contributed by atoms with Gasteiger partial charge in [-0.1, -0.05) is 12.1 Å². The van der Waals surface area contributed by atoms with E-state index in [9.17, 15) is 4.79 Å². The van der Waals surface area contributed by atoms with Crippen LogP contribution in [-0.4, -0.2) is 29.0 Å². The number of hydrogen-bond donors (Lipinski definition) is 1. The maximum absolute atomic E-state index is 12.4. The standard InChI is InChI=1S/C17H17N5O/c18-11-13-6-2-3-7-14(13)21-17(23)15-10-16(20-12-19-15)22-8-4-1-5-9-22/h2-3,6-7,10,12H,1,4-5,8-9H2,(H,21,23). The van der Waals surface area contributed by atoms with Gasteiger partial charge in [-0.05, 0) is 31.4 Å². The van der Waals surface area contributed by atoms with Crippen LogP contribution >= 0.6 is 0 Å². The van der Waals surface area contributed by atoms with E-state index < -0.39 is 0 Å². The number of rotatable bonds is 3. The van der Waals surface area contributed by atoms with Gasteiger partial charge in [0.25, 0.3) is 5.91 Å². The van der Waals surface area contributed by atoms with Gasteiger partial charge in [-0.15, -0.1) is 0 Å². The molecular formula is C17H17N5O. The molecule has 1 N–H and O–H groups in total. The van der Waals surface area contributed by atoms with Gasteiger partial charge in [-0.3, -0.25) is 4.79 Å². The number of piperidine rings is 1. The zero-order chi connectivity index (χ0) is 16.1. The van der Waals surface area contributed by atoms with Crippen molar-refractivity contribution in [3.05, 3.63) is 47.9 Å². The minimum atomic E-state index is -0.339. The third-order valence-corrected chi connectivity index (χ3v) is 3.86. The highest BCUT2D eigenvalue weighted by atomic mass is 16.1. The molecular weight excluding hydrogens is 290 g/mol. The van der Waals surface area contributed by atoms with E-state index >= 15 is 0 Å². The van der Waals surface area contributed by atoms with Gasteiger partial charge in [-0.25, -0.2) is 9.97 Å². The summed E-state index contributed by atoms with van der Waals surface area (Å²) in [6, 6.07) is 10.7. The van der Waals surface area contributed by atoms with Crippen molar-refractivity contribution < 1.29 is 4.79 Å². The van der Waals surface area contributed by atoms with E-state index in [-0.39, 0.29) is 5.91 Å². The van der Waals surface area contributed by atoms with E-state index in [1.165, 1.54) is 12.7 Å². The molecule has 0 spiro atoms. The number of benzene rings is 1. The molecule has 1 saturated heterocycles. The highest BCUT2D eigenvalue weighted by Crippen LogP contribution is 2.19. The van der Waals surface area contributed by atoms with Crippen LogP contribution in [0.1, 0.15) is 35.3 Å². The summed E-state index contributed by atoms with van der Waals surface area (Å²) >= 11 is 0. The molecule has 0 bridgehead atoms. The molecule has 1 aliphatic rings. The van der Waals surface area contributed by atoms with Crippen molar-refractivity contribution >= 4 is 17.4 Å². The summed E-state index contributed by atoms with van der Waals surface area (Å²) in [4.78, 5) is 22.9. The highest BCUT2D eigenvalue weighted by Gasteiger charge is 2.16. The Bertz CT molecular complexity index is 747. The summed E-state index contributed by atoms with van der Waals surface area (Å²) in [6.07, 6.45) is 4.93. The Morgan fingerprint density at radius 3 is 2.74 bits per heavy atom. The van der Waals surface area contributed by atoms with Crippen molar-refractivity contribution in [2.24, 2.45) is 0 Å². The Balaban J connectivity index is 1.78. The lowest BCUT2D eigenvalue weighted by atomic mass is 10.1. The third kappa shape index (κ3) is 3.46. The first kappa shape index (κ1) is 15.0. The van der Waals surface area contributed by atoms with Crippen molar-refractivity contribution in [2.75, 3.05) is 23.3 Å². The largest absolute Gasteiger partial charge is 0.357 e. The molecule has 2 heterocycles. The maximum atomic E-state index is 12.4. The average Bonchev–Trinajstić information content (AvgIpc) is 2.63. The van der Waals surface area contributed by atoms with Gasteiger partial charge in [-0.2, -0.15) is 5.26 Å². The first-order valence-corrected chi connectivity index (χ1v) is 7.65. The monoisotopic (exact) mass is 307 g/mol. The smallest absolute Gasteiger partial charge is 0.274 e. The SMILES string of the molecule is N#Cc1ccccc1NC(=O)c1cc(N2CCCCC2)ncn1. The highest BCUT2D eigenvalue weighted by molar-refractivity contribution is 6.03. The van der Waals surface area contributed by atoms with Crippen LogP contribution in [0.2, 0.25) is 0 Å². The second kappa shape index (κ2) is 6.88. The van der Waals surface area contributed by atoms with E-state index in [0.717, 1.165) is 31.7 Å². The minimum absolute atomic E-state index is 0.299. The number of aromatic nitrogens is 2. The van der Waals surface area contributed by atoms with Crippen molar-refractivity contribution in [3.8, 4) is 6.07 Å². The van der Waals surface area contributed by atoms with Gasteiger partial charge in [0, 0.05) is 19.2 Å². The Kier molecular flexibility index (Phi) is 4.48. The second-order valence-electron chi connectivity index (χ2n) is 5.42. The van der Waals surface area contributed by atoms with Crippen LogP contribution in [0, 0.1) is 11.3 Å². The molecule has 2 aromatic rings. The molecule has 0 saturated carbocycles. The Labute approximate surface area is 134 Å². The van der Waals surface area contributed by atoms with Gasteiger partial charge in [0.1, 0.15) is 23.9 Å². The summed E-state index contributed by atoms with van der Waals surface area (Å²) in [5, 5.41) is 11.8. The van der Waals surface area contributed by atoms with Gasteiger partial charge in [0.2, 0.25) is 0 Å². The third-order valence-electron chi connectivity index (χ3n) is 3.86. The molecule has 0 radical (unpaired) electrons. The Hall–Kier alpha value is -2.94. The van der Waals surface area contributed by atoms with Crippen LogP contribution < -0.4 is 10.2 Å².